The van der Waals surface area contributed by atoms with E-state index in [0.29, 0.717) is 25.1 Å². The maximum absolute atomic E-state index is 12.1. The number of imidazole rings is 1. The van der Waals surface area contributed by atoms with Crippen molar-refractivity contribution in [2.75, 3.05) is 19.4 Å². The first-order valence-electron chi connectivity index (χ1n) is 6.44. The summed E-state index contributed by atoms with van der Waals surface area (Å²) in [7, 11) is -2.09. The van der Waals surface area contributed by atoms with Crippen molar-refractivity contribution in [2.24, 2.45) is 0 Å². The number of sulfonamides is 1. The number of ether oxygens (including phenoxy) is 1. The molecule has 4 N–H and O–H groups in total. The third kappa shape index (κ3) is 3.96. The van der Waals surface area contributed by atoms with Crippen LogP contribution in [0.25, 0.3) is 0 Å². The van der Waals surface area contributed by atoms with Crippen LogP contribution in [0.2, 0.25) is 0 Å². The number of aryl methyl sites for hydroxylation is 1. The molecule has 0 aliphatic carbocycles. The number of rotatable bonds is 7. The zero-order valence-electron chi connectivity index (χ0n) is 11.7. The Hall–Kier alpha value is -2.06. The van der Waals surface area contributed by atoms with Gasteiger partial charge in [-0.2, -0.15) is 0 Å². The maximum atomic E-state index is 12.1. The minimum absolute atomic E-state index is 0.124. The van der Waals surface area contributed by atoms with E-state index in [1.54, 1.807) is 12.4 Å². The van der Waals surface area contributed by atoms with Gasteiger partial charge in [0.1, 0.15) is 11.6 Å². The molecule has 0 aliphatic heterocycles. The number of hydrogen-bond acceptors (Lipinski definition) is 5. The number of aromatic nitrogens is 2. The predicted octanol–water partition coefficient (Wildman–Crippen LogP) is 0.912. The molecule has 2 rings (SSSR count). The van der Waals surface area contributed by atoms with Crippen LogP contribution < -0.4 is 15.2 Å². The number of benzene rings is 1. The number of H-pyrrole nitrogens is 1. The molecule has 21 heavy (non-hydrogen) atoms. The van der Waals surface area contributed by atoms with E-state index in [1.165, 1.54) is 25.3 Å². The highest BCUT2D eigenvalue weighted by molar-refractivity contribution is 7.89. The number of hydrogen-bond donors (Lipinski definition) is 3. The number of nitrogens with zero attached hydrogens (tertiary/aromatic N) is 1. The van der Waals surface area contributed by atoms with E-state index in [1.807, 2.05) is 0 Å². The van der Waals surface area contributed by atoms with Crippen molar-refractivity contribution in [3.05, 3.63) is 36.4 Å². The molecular formula is C13H18N4O3S. The van der Waals surface area contributed by atoms with Crippen LogP contribution in [-0.4, -0.2) is 32.0 Å². The Morgan fingerprint density at radius 1 is 1.43 bits per heavy atom. The summed E-state index contributed by atoms with van der Waals surface area (Å²) in [6.07, 6.45) is 4.73. The molecule has 0 spiro atoms. The minimum atomic E-state index is -3.56. The molecule has 0 fully saturated rings. The van der Waals surface area contributed by atoms with E-state index in [0.717, 1.165) is 5.82 Å². The van der Waals surface area contributed by atoms with Crippen molar-refractivity contribution in [3.8, 4) is 5.75 Å². The molecule has 1 aromatic carbocycles. The summed E-state index contributed by atoms with van der Waals surface area (Å²) in [6, 6.07) is 4.38. The van der Waals surface area contributed by atoms with E-state index in [2.05, 4.69) is 14.7 Å². The summed E-state index contributed by atoms with van der Waals surface area (Å²) in [5.41, 5.74) is 6.01. The molecule has 0 amide bonds. The van der Waals surface area contributed by atoms with Crippen LogP contribution in [0, 0.1) is 0 Å². The molecule has 7 nitrogen and oxygen atoms in total. The van der Waals surface area contributed by atoms with Crippen molar-refractivity contribution >= 4 is 15.7 Å². The molecular weight excluding hydrogens is 292 g/mol. The highest BCUT2D eigenvalue weighted by Gasteiger charge is 2.15. The second kappa shape index (κ2) is 6.59. The number of anilines is 1. The molecule has 0 unspecified atom stereocenters. The first-order valence-corrected chi connectivity index (χ1v) is 7.92. The second-order valence-corrected chi connectivity index (χ2v) is 6.21. The summed E-state index contributed by atoms with van der Waals surface area (Å²) >= 11 is 0. The number of nitrogens with two attached hydrogens (primary N) is 1. The van der Waals surface area contributed by atoms with E-state index in [-0.39, 0.29) is 10.6 Å². The number of aromatic amines is 1. The molecule has 0 saturated carbocycles. The van der Waals surface area contributed by atoms with Crippen molar-refractivity contribution in [1.29, 1.82) is 0 Å². The van der Waals surface area contributed by atoms with Gasteiger partial charge in [-0.15, -0.1) is 0 Å². The average molecular weight is 310 g/mol. The van der Waals surface area contributed by atoms with E-state index in [4.69, 9.17) is 10.5 Å². The summed E-state index contributed by atoms with van der Waals surface area (Å²) in [4.78, 5) is 7.17. The monoisotopic (exact) mass is 310 g/mol. The smallest absolute Gasteiger partial charge is 0.240 e. The number of nitrogen functional groups attached to an aromatic ring is 1. The first kappa shape index (κ1) is 15.3. The Morgan fingerprint density at radius 2 is 2.24 bits per heavy atom. The van der Waals surface area contributed by atoms with Gasteiger partial charge >= 0.3 is 0 Å². The van der Waals surface area contributed by atoms with Gasteiger partial charge < -0.3 is 15.5 Å². The lowest BCUT2D eigenvalue weighted by Gasteiger charge is -2.09. The molecule has 0 atom stereocenters. The molecule has 8 heteroatoms. The lowest BCUT2D eigenvalue weighted by molar-refractivity contribution is 0.416. The zero-order chi connectivity index (χ0) is 15.3. The van der Waals surface area contributed by atoms with Crippen molar-refractivity contribution < 1.29 is 13.2 Å². The van der Waals surface area contributed by atoms with Crippen molar-refractivity contribution in [1.82, 2.24) is 14.7 Å². The van der Waals surface area contributed by atoms with Gasteiger partial charge in [0.2, 0.25) is 10.0 Å². The second-order valence-electron chi connectivity index (χ2n) is 4.44. The Labute approximate surface area is 123 Å². The number of nitrogens with one attached hydrogen (secondary N) is 2. The minimum Gasteiger partial charge on any atom is -0.495 e. The van der Waals surface area contributed by atoms with Crippen LogP contribution >= 0.6 is 0 Å². The van der Waals surface area contributed by atoms with Crippen LogP contribution in [0.4, 0.5) is 5.69 Å². The maximum Gasteiger partial charge on any atom is 0.240 e. The summed E-state index contributed by atoms with van der Waals surface area (Å²) in [6.45, 7) is 0.328. The fraction of sp³-hybridized carbons (Fsp3) is 0.308. The Morgan fingerprint density at radius 3 is 2.86 bits per heavy atom. The van der Waals surface area contributed by atoms with Crippen LogP contribution in [0.3, 0.4) is 0 Å². The van der Waals surface area contributed by atoms with Crippen molar-refractivity contribution in [3.63, 3.8) is 0 Å². The lowest BCUT2D eigenvalue weighted by Crippen LogP contribution is -2.25. The molecule has 0 aliphatic rings. The Balaban J connectivity index is 1.93. The van der Waals surface area contributed by atoms with Crippen LogP contribution in [0.15, 0.2) is 35.5 Å². The predicted molar refractivity (Wildman–Crippen MR) is 79.5 cm³/mol. The van der Waals surface area contributed by atoms with Gasteiger partial charge in [0, 0.05) is 25.4 Å². The van der Waals surface area contributed by atoms with Crippen LogP contribution in [0.5, 0.6) is 5.75 Å². The Kier molecular flexibility index (Phi) is 4.81. The fourth-order valence-corrected chi connectivity index (χ4v) is 2.97. The number of methoxy groups -OCH3 is 1. The third-order valence-corrected chi connectivity index (χ3v) is 4.41. The average Bonchev–Trinajstić information content (AvgIpc) is 2.97. The van der Waals surface area contributed by atoms with Gasteiger partial charge in [0.05, 0.1) is 17.7 Å². The van der Waals surface area contributed by atoms with Gasteiger partial charge in [-0.05, 0) is 24.6 Å². The normalized spacial score (nSPS) is 11.5. The van der Waals surface area contributed by atoms with E-state index in [9.17, 15) is 8.42 Å². The first-order chi connectivity index (χ1) is 10.0. The molecule has 2 aromatic rings. The Bertz CT molecular complexity index is 683. The molecule has 0 saturated heterocycles. The lowest BCUT2D eigenvalue weighted by atomic mass is 10.3. The highest BCUT2D eigenvalue weighted by atomic mass is 32.2. The van der Waals surface area contributed by atoms with Gasteiger partial charge in [0.15, 0.2) is 0 Å². The van der Waals surface area contributed by atoms with Crippen LogP contribution in [0.1, 0.15) is 12.2 Å². The SMILES string of the molecule is COc1ccc(S(=O)(=O)NCCCc2ncc[nH]2)cc1N. The summed E-state index contributed by atoms with van der Waals surface area (Å²) in [5.74, 6) is 1.29. The molecule has 0 bridgehead atoms. The highest BCUT2D eigenvalue weighted by Crippen LogP contribution is 2.24. The third-order valence-electron chi connectivity index (χ3n) is 2.95. The summed E-state index contributed by atoms with van der Waals surface area (Å²) < 4.78 is 31.8. The quantitative estimate of drug-likeness (QED) is 0.520. The van der Waals surface area contributed by atoms with Gasteiger partial charge in [-0.1, -0.05) is 0 Å². The summed E-state index contributed by atoms with van der Waals surface area (Å²) in [5, 5.41) is 0. The topological polar surface area (TPSA) is 110 Å². The van der Waals surface area contributed by atoms with Gasteiger partial charge in [0.25, 0.3) is 0 Å². The molecule has 0 radical (unpaired) electrons. The largest absolute Gasteiger partial charge is 0.495 e. The van der Waals surface area contributed by atoms with Crippen molar-refractivity contribution in [2.45, 2.75) is 17.7 Å². The van der Waals surface area contributed by atoms with E-state index >= 15 is 0 Å². The van der Waals surface area contributed by atoms with Crippen LogP contribution in [-0.2, 0) is 16.4 Å². The molecule has 114 valence electrons. The standard InChI is InChI=1S/C13H18N4O3S/c1-20-12-5-4-10(9-11(12)14)21(18,19)17-6-2-3-13-15-7-8-16-13/h4-5,7-9,17H,2-3,6,14H2,1H3,(H,15,16). The fourth-order valence-electron chi connectivity index (χ4n) is 1.86. The van der Waals surface area contributed by atoms with Gasteiger partial charge in [-0.3, -0.25) is 0 Å². The van der Waals surface area contributed by atoms with Gasteiger partial charge in [-0.25, -0.2) is 18.1 Å². The molecule has 1 heterocycles. The molecule has 1 aromatic heterocycles. The van der Waals surface area contributed by atoms with E-state index < -0.39 is 10.0 Å². The zero-order valence-corrected chi connectivity index (χ0v) is 12.5.